The smallest absolute Gasteiger partial charge is 0.474 e. The molecule has 4 aromatic heterocycles. The second-order valence-electron chi connectivity index (χ2n) is 34.1. The molecule has 0 radical (unpaired) electrons. The van der Waals surface area contributed by atoms with Gasteiger partial charge in [0.15, 0.2) is 5.69 Å². The Morgan fingerprint density at radius 1 is 0.271 bits per heavy atom. The van der Waals surface area contributed by atoms with Crippen LogP contribution in [0.15, 0.2) is 358 Å². The van der Waals surface area contributed by atoms with Crippen molar-refractivity contribution in [2.45, 2.75) is 271 Å². The largest absolute Gasteiger partial charge is 0.573 e. The third-order valence-electron chi connectivity index (χ3n) is 19.8. The van der Waals surface area contributed by atoms with Gasteiger partial charge in [0, 0.05) is 77.6 Å². The summed E-state index contributed by atoms with van der Waals surface area (Å²) in [6.45, 7) is 57.4. The van der Waals surface area contributed by atoms with Gasteiger partial charge in [0.05, 0.1) is 18.8 Å². The molecule has 0 aliphatic heterocycles. The molecule has 0 fully saturated rings. The maximum absolute atomic E-state index is 12.0. The molecule has 0 spiro atoms. The molecule has 10 aromatic carbocycles. The van der Waals surface area contributed by atoms with E-state index in [1.807, 2.05) is 230 Å². The zero-order valence-electron chi connectivity index (χ0n) is 87.0. The molecular formula is C123H153Cl2F6N5O4. The number of benzene rings is 10. The zero-order chi connectivity index (χ0) is 104. The maximum atomic E-state index is 12.0. The summed E-state index contributed by atoms with van der Waals surface area (Å²) >= 11 is 12.5. The normalized spacial score (nSPS) is 11.7. The second-order valence-corrected chi connectivity index (χ2v) is 34.9. The highest BCUT2D eigenvalue weighted by Crippen LogP contribution is 2.37. The summed E-state index contributed by atoms with van der Waals surface area (Å²) in [4.78, 5) is 20.8. The number of halogens is 8. The minimum Gasteiger partial charge on any atom is -0.474 e. The predicted octanol–water partition coefficient (Wildman–Crippen LogP) is 38.8. The summed E-state index contributed by atoms with van der Waals surface area (Å²) in [5.41, 5.74) is 17.0. The van der Waals surface area contributed by atoms with Crippen molar-refractivity contribution in [1.29, 1.82) is 0 Å². The summed E-state index contributed by atoms with van der Waals surface area (Å²) in [5.74, 6) is 2.99. The zero-order valence-corrected chi connectivity index (χ0v) is 88.5. The third kappa shape index (κ3) is 51.0. The number of rotatable bonds is 21. The lowest BCUT2D eigenvalue weighted by Gasteiger charge is -2.22. The Labute approximate surface area is 846 Å². The van der Waals surface area contributed by atoms with Gasteiger partial charge in [0.1, 0.15) is 21.5 Å². The van der Waals surface area contributed by atoms with Gasteiger partial charge < -0.3 is 18.9 Å². The van der Waals surface area contributed by atoms with E-state index in [0.717, 1.165) is 44.8 Å². The monoisotopic (exact) mass is 1950 g/mol. The average Bonchev–Trinajstić information content (AvgIpc) is 0.810. The molecule has 0 aliphatic rings. The van der Waals surface area contributed by atoms with Crippen molar-refractivity contribution in [3.8, 4) is 23.3 Å². The molecule has 0 bridgehead atoms. The molecule has 0 N–H and O–H groups in total. The minimum atomic E-state index is -4.65. The quantitative estimate of drug-likeness (QED) is 0.0519. The SMILES string of the molecule is CC(C)Oc1ncc([C@@H](C)c2ccccc2)cc1Cl.CC(C)Oc1ncc([C@@H](c2ccccc2)C(C)C)cc1Cl.CCC.CCC.CCC.CCC.CCC.CCC.C[C@@H](c1ccccc1)c1ccc(OC(F)(F)F)cc1.C[C@@H](c1ccccc1)c1ccccn1.C[C@H](c1ccccc1)c1ccc(OC(F)(F)F)cc1.C[C@H](c1ccccc1)c1ccccn1.[C-]#[N+]c1ccc([C@H](C)c2ccccc2)cc1. The van der Waals surface area contributed by atoms with E-state index >= 15 is 0 Å². The molecule has 750 valence electrons. The lowest BCUT2D eigenvalue weighted by atomic mass is 9.83. The lowest BCUT2D eigenvalue weighted by Crippen LogP contribution is -2.17. The van der Waals surface area contributed by atoms with Crippen LogP contribution < -0.4 is 18.9 Å². The molecule has 0 aliphatic carbocycles. The summed E-state index contributed by atoms with van der Waals surface area (Å²) < 4.78 is 91.1. The van der Waals surface area contributed by atoms with Gasteiger partial charge >= 0.3 is 12.7 Å². The second kappa shape index (κ2) is 72.0. The summed E-state index contributed by atoms with van der Waals surface area (Å²) in [6, 6.07) is 107. The van der Waals surface area contributed by atoms with E-state index in [4.69, 9.17) is 39.2 Å². The van der Waals surface area contributed by atoms with Gasteiger partial charge in [-0.3, -0.25) is 9.97 Å². The van der Waals surface area contributed by atoms with Crippen LogP contribution in [0.2, 0.25) is 10.0 Å². The number of aromatic nitrogens is 4. The maximum Gasteiger partial charge on any atom is 0.573 e. The fourth-order valence-electron chi connectivity index (χ4n) is 13.1. The minimum absolute atomic E-state index is 0.0656. The van der Waals surface area contributed by atoms with E-state index in [0.29, 0.717) is 51.2 Å². The Hall–Kier alpha value is -12.4. The number of hydrogen-bond acceptors (Lipinski definition) is 8. The number of ether oxygens (including phenoxy) is 4. The number of hydrogen-bond donors (Lipinski definition) is 0. The summed E-state index contributed by atoms with van der Waals surface area (Å²) in [7, 11) is 0. The van der Waals surface area contributed by atoms with E-state index in [1.54, 1.807) is 24.3 Å². The van der Waals surface area contributed by atoms with E-state index in [1.165, 1.54) is 96.2 Å². The fourth-order valence-corrected chi connectivity index (χ4v) is 13.5. The molecule has 17 heteroatoms. The van der Waals surface area contributed by atoms with Gasteiger partial charge in [-0.1, -0.05) is 473 Å². The van der Waals surface area contributed by atoms with Crippen LogP contribution in [0, 0.1) is 12.5 Å². The first-order valence-electron chi connectivity index (χ1n) is 49.0. The van der Waals surface area contributed by atoms with Crippen LogP contribution in [-0.4, -0.2) is 44.9 Å². The lowest BCUT2D eigenvalue weighted by molar-refractivity contribution is -0.275. The number of alkyl halides is 6. The van der Waals surface area contributed by atoms with Crippen molar-refractivity contribution >= 4 is 28.9 Å². The fraction of sp³-hybridized carbons (Fsp3) is 0.341. The van der Waals surface area contributed by atoms with Crippen LogP contribution in [0.1, 0.15) is 324 Å². The van der Waals surface area contributed by atoms with Crippen molar-refractivity contribution in [3.05, 3.63) is 458 Å². The van der Waals surface area contributed by atoms with Crippen LogP contribution in [0.5, 0.6) is 23.3 Å². The Bertz CT molecular complexity index is 5150. The first-order valence-corrected chi connectivity index (χ1v) is 49.8. The van der Waals surface area contributed by atoms with Gasteiger partial charge in [0.2, 0.25) is 11.8 Å². The Morgan fingerprint density at radius 2 is 0.493 bits per heavy atom. The molecule has 0 unspecified atom stereocenters. The third-order valence-corrected chi connectivity index (χ3v) is 20.4. The molecular weight excluding hydrogens is 1800 g/mol. The van der Waals surface area contributed by atoms with Gasteiger partial charge in [-0.15, -0.1) is 26.3 Å². The summed E-state index contributed by atoms with van der Waals surface area (Å²) in [5, 5.41) is 1.14. The van der Waals surface area contributed by atoms with Crippen LogP contribution >= 0.6 is 23.2 Å². The highest BCUT2D eigenvalue weighted by Gasteiger charge is 2.32. The molecule has 0 saturated carbocycles. The van der Waals surface area contributed by atoms with Gasteiger partial charge in [0.25, 0.3) is 0 Å². The van der Waals surface area contributed by atoms with Crippen molar-refractivity contribution < 1.29 is 45.3 Å². The van der Waals surface area contributed by atoms with Gasteiger partial charge in [-0.2, -0.15) is 0 Å². The molecule has 0 amide bonds. The Kier molecular flexibility index (Phi) is 63.6. The summed E-state index contributed by atoms with van der Waals surface area (Å²) in [6.07, 6.45) is 5.74. The van der Waals surface area contributed by atoms with Crippen molar-refractivity contribution in [2.75, 3.05) is 0 Å². The Morgan fingerprint density at radius 3 is 0.721 bits per heavy atom. The van der Waals surface area contributed by atoms with Crippen molar-refractivity contribution in [1.82, 2.24) is 19.9 Å². The highest BCUT2D eigenvalue weighted by atomic mass is 35.5. The van der Waals surface area contributed by atoms with Crippen molar-refractivity contribution in [2.24, 2.45) is 5.92 Å². The average molecular weight is 1950 g/mol. The highest BCUT2D eigenvalue weighted by molar-refractivity contribution is 6.32. The van der Waals surface area contributed by atoms with E-state index in [9.17, 15) is 26.3 Å². The van der Waals surface area contributed by atoms with E-state index in [-0.39, 0.29) is 47.4 Å². The van der Waals surface area contributed by atoms with Crippen molar-refractivity contribution in [3.63, 3.8) is 0 Å². The first-order chi connectivity index (χ1) is 67.0. The molecule has 0 saturated heterocycles. The molecule has 9 nitrogen and oxygen atoms in total. The van der Waals surface area contributed by atoms with Crippen LogP contribution in [-0.2, 0) is 0 Å². The van der Waals surface area contributed by atoms with Gasteiger partial charge in [-0.05, 0) is 161 Å². The van der Waals surface area contributed by atoms with E-state index in [2.05, 4.69) is 280 Å². The van der Waals surface area contributed by atoms with Crippen LogP contribution in [0.4, 0.5) is 32.0 Å². The molecule has 7 atom stereocenters. The number of nitrogens with zero attached hydrogens (tertiary/aromatic N) is 5. The van der Waals surface area contributed by atoms with E-state index < -0.39 is 12.7 Å². The predicted molar refractivity (Wildman–Crippen MR) is 580 cm³/mol. The number of pyridine rings is 4. The Balaban J connectivity index is 0.000000537. The topological polar surface area (TPSA) is 92.8 Å². The first kappa shape index (κ1) is 124. The van der Waals surface area contributed by atoms with Crippen LogP contribution in [0.3, 0.4) is 0 Å². The molecule has 14 aromatic rings. The van der Waals surface area contributed by atoms with Crippen LogP contribution in [0.25, 0.3) is 4.85 Å². The molecule has 14 rings (SSSR count). The van der Waals surface area contributed by atoms with Gasteiger partial charge in [-0.25, -0.2) is 14.8 Å². The molecule has 4 heterocycles. The standard InChI is InChI=1S/C18H22ClNO.C16H18ClNO.2C15H13F3O.C15H13N.2C13H13N.6C3H8/c1-12(2)17(14-8-6-5-7-9-14)15-10-16(19)18(20-11-15)21-13(3)4;1-11(2)19-16-15(17)9-14(10-18-16)12(3)13-7-5-4-6-8-13;2*1-11(12-5-3-2-4-6-12)13-7-9-14(10-8-13)19-15(16,17)18;1-12(13-6-4-3-5-7-13)14-8-10-15(16-2)11-9-14;2*1-11(12-7-3-2-4-8-12)13-9-5-6-10-14-13;6*1-3-2/h5-13,17H,1-4H3;4-12H,1-3H3;2*2-11H,1H3;3-12H,1H3;2*2-11H,1H3;6*3H2,1-2H3/t17-;12-;2*11-;12-;2*11-;;;;;;/m1010110....../s1. The molecule has 140 heavy (non-hydrogen) atoms.